The van der Waals surface area contributed by atoms with E-state index >= 15 is 0 Å². The Morgan fingerprint density at radius 3 is 2.57 bits per heavy atom. The first-order valence-corrected chi connectivity index (χ1v) is 12.9. The van der Waals surface area contributed by atoms with Gasteiger partial charge in [-0.1, -0.05) is 23.7 Å². The van der Waals surface area contributed by atoms with Crippen molar-refractivity contribution in [1.82, 2.24) is 9.97 Å². The Labute approximate surface area is 241 Å². The molecule has 2 N–H and O–H groups in total. The normalized spacial score (nSPS) is 14.0. The predicted molar refractivity (Wildman–Crippen MR) is 143 cm³/mol. The van der Waals surface area contributed by atoms with Gasteiger partial charge >= 0.3 is 18.2 Å². The van der Waals surface area contributed by atoms with E-state index in [1.165, 1.54) is 36.4 Å². The lowest BCUT2D eigenvalue weighted by molar-refractivity contribution is -0.190. The number of aromatic hydroxyl groups is 1. The number of ether oxygens (including phenoxy) is 4. The van der Waals surface area contributed by atoms with Crippen LogP contribution in [0, 0.1) is 5.82 Å². The lowest BCUT2D eigenvalue weighted by Crippen LogP contribution is -2.28. The van der Waals surface area contributed by atoms with Crippen molar-refractivity contribution in [2.45, 2.75) is 31.7 Å². The van der Waals surface area contributed by atoms with Gasteiger partial charge in [0.2, 0.25) is 0 Å². The number of nitrogens with one attached hydrogen (secondary N) is 1. The molecule has 1 fully saturated rings. The number of rotatable bonds is 8. The number of carbonyl (C=O) groups excluding carboxylic acids is 1. The van der Waals surface area contributed by atoms with E-state index in [0.717, 1.165) is 0 Å². The summed E-state index contributed by atoms with van der Waals surface area (Å²) in [6.07, 6.45) is -4.44. The second-order valence-corrected chi connectivity index (χ2v) is 9.61. The Morgan fingerprint density at radius 1 is 1.07 bits per heavy atom. The lowest BCUT2D eigenvalue weighted by atomic mass is 10.1. The minimum absolute atomic E-state index is 0.0468. The topological polar surface area (TPSA) is 112 Å². The van der Waals surface area contributed by atoms with E-state index in [-0.39, 0.29) is 51.7 Å². The first-order valence-electron chi connectivity index (χ1n) is 12.6. The molecule has 0 atom stereocenters. The zero-order chi connectivity index (χ0) is 29.9. The van der Waals surface area contributed by atoms with Crippen LogP contribution in [0.4, 0.5) is 29.1 Å². The number of hydrogen-bond donors (Lipinski definition) is 2. The van der Waals surface area contributed by atoms with Crippen molar-refractivity contribution in [3.63, 3.8) is 0 Å². The average molecular weight is 608 g/mol. The van der Waals surface area contributed by atoms with Crippen molar-refractivity contribution in [2.24, 2.45) is 0 Å². The number of esters is 1. The Hall–Kier alpha value is -4.36. The molecule has 42 heavy (non-hydrogen) atoms. The van der Waals surface area contributed by atoms with Crippen LogP contribution in [-0.4, -0.2) is 46.5 Å². The van der Waals surface area contributed by atoms with Crippen molar-refractivity contribution in [2.75, 3.05) is 18.5 Å². The van der Waals surface area contributed by atoms with Gasteiger partial charge in [0, 0.05) is 30.7 Å². The van der Waals surface area contributed by atoms with Gasteiger partial charge < -0.3 is 29.4 Å². The molecule has 0 amide bonds. The van der Waals surface area contributed by atoms with Gasteiger partial charge in [-0.25, -0.2) is 9.18 Å². The third-order valence-electron chi connectivity index (χ3n) is 6.08. The van der Waals surface area contributed by atoms with E-state index in [2.05, 4.69) is 20.0 Å². The predicted octanol–water partition coefficient (Wildman–Crippen LogP) is 6.48. The maximum Gasteiger partial charge on any atom is 0.491 e. The molecule has 9 nitrogen and oxygen atoms in total. The Bertz CT molecular complexity index is 1620. The van der Waals surface area contributed by atoms with Gasteiger partial charge in [0.05, 0.1) is 29.1 Å². The zero-order valence-corrected chi connectivity index (χ0v) is 22.3. The number of carbonyl (C=O) groups is 1. The summed E-state index contributed by atoms with van der Waals surface area (Å²) in [6.45, 7) is 0.977. The molecule has 14 heteroatoms. The van der Waals surface area contributed by atoms with E-state index in [0.29, 0.717) is 37.3 Å². The van der Waals surface area contributed by atoms with Gasteiger partial charge in [-0.05, 0) is 35.9 Å². The molecule has 0 unspecified atom stereocenters. The van der Waals surface area contributed by atoms with Gasteiger partial charge in [-0.2, -0.15) is 23.1 Å². The summed E-state index contributed by atoms with van der Waals surface area (Å²) >= 11 is 6.41. The highest BCUT2D eigenvalue weighted by Crippen LogP contribution is 2.39. The largest absolute Gasteiger partial charge is 0.508 e. The highest BCUT2D eigenvalue weighted by Gasteiger charge is 2.42. The van der Waals surface area contributed by atoms with Crippen LogP contribution in [0.25, 0.3) is 10.9 Å². The fourth-order valence-electron chi connectivity index (χ4n) is 4.16. The van der Waals surface area contributed by atoms with Crippen molar-refractivity contribution in [3.05, 3.63) is 71.0 Å². The zero-order valence-electron chi connectivity index (χ0n) is 21.6. The standard InChI is InChI=1S/C28H22ClF4N3O6/c29-20-11-17(4-5-22(20)40-14-15-2-1-3-16(30)10-15)34-25-24-21(35-27(36-25)42-26(38)28(31,32)33)12-18(37)13-23(24)41-19-6-8-39-9-7-19/h1-5,10-13,19,37H,6-9,14H2,(H,34,35,36). The van der Waals surface area contributed by atoms with Gasteiger partial charge in [0.1, 0.15) is 41.6 Å². The third kappa shape index (κ3) is 7.09. The molecule has 4 aromatic rings. The monoisotopic (exact) mass is 607 g/mol. The number of fused-ring (bicyclic) bond motifs is 1. The second kappa shape index (κ2) is 12.2. The summed E-state index contributed by atoms with van der Waals surface area (Å²) in [5, 5.41) is 13.6. The van der Waals surface area contributed by atoms with Crippen LogP contribution in [0.1, 0.15) is 18.4 Å². The summed E-state index contributed by atoms with van der Waals surface area (Å²) in [5.74, 6) is -2.87. The Kier molecular flexibility index (Phi) is 8.50. The maximum atomic E-state index is 13.5. The van der Waals surface area contributed by atoms with Crippen molar-refractivity contribution >= 4 is 40.0 Å². The number of halogens is 5. The molecule has 1 saturated heterocycles. The van der Waals surface area contributed by atoms with Crippen LogP contribution in [0.15, 0.2) is 54.6 Å². The average Bonchev–Trinajstić information content (AvgIpc) is 2.92. The second-order valence-electron chi connectivity index (χ2n) is 9.20. The molecule has 0 radical (unpaired) electrons. The quantitative estimate of drug-likeness (QED) is 0.172. The van der Waals surface area contributed by atoms with Crippen molar-refractivity contribution in [3.8, 4) is 23.3 Å². The molecule has 0 saturated carbocycles. The fraction of sp³-hybridized carbons (Fsp3) is 0.250. The molecule has 1 aromatic heterocycles. The highest BCUT2D eigenvalue weighted by atomic mass is 35.5. The minimum atomic E-state index is -5.29. The fourth-order valence-corrected chi connectivity index (χ4v) is 4.39. The molecule has 0 spiro atoms. The number of phenolic OH excluding ortho intramolecular Hbond substituents is 1. The van der Waals surface area contributed by atoms with Crippen molar-refractivity contribution < 1.29 is 46.4 Å². The van der Waals surface area contributed by atoms with Gasteiger partial charge in [0.25, 0.3) is 0 Å². The first-order chi connectivity index (χ1) is 20.0. The third-order valence-corrected chi connectivity index (χ3v) is 6.38. The van der Waals surface area contributed by atoms with Crippen LogP contribution in [0.2, 0.25) is 5.02 Å². The van der Waals surface area contributed by atoms with E-state index in [9.17, 15) is 27.5 Å². The number of nitrogens with zero attached hydrogens (tertiary/aromatic N) is 2. The number of anilines is 2. The SMILES string of the molecule is O=C(Oc1nc(Nc2ccc(OCc3cccc(F)c3)c(Cl)c2)c2c(OC3CCOCC3)cc(O)cc2n1)C(F)(F)F. The van der Waals surface area contributed by atoms with E-state index in [1.807, 2.05) is 0 Å². The molecular formula is C28H22ClF4N3O6. The molecular weight excluding hydrogens is 586 g/mol. The molecule has 0 aliphatic carbocycles. The first kappa shape index (κ1) is 29.1. The van der Waals surface area contributed by atoms with Crippen LogP contribution in [0.3, 0.4) is 0 Å². The Balaban J connectivity index is 1.48. The number of hydrogen-bond acceptors (Lipinski definition) is 9. The molecule has 1 aliphatic heterocycles. The minimum Gasteiger partial charge on any atom is -0.508 e. The van der Waals surface area contributed by atoms with E-state index in [1.54, 1.807) is 18.2 Å². The lowest BCUT2D eigenvalue weighted by Gasteiger charge is -2.24. The van der Waals surface area contributed by atoms with Crippen LogP contribution < -0.4 is 19.5 Å². The highest BCUT2D eigenvalue weighted by molar-refractivity contribution is 6.32. The van der Waals surface area contributed by atoms with E-state index < -0.39 is 24.0 Å². The summed E-state index contributed by atoms with van der Waals surface area (Å²) in [5.41, 5.74) is 0.860. The van der Waals surface area contributed by atoms with Crippen LogP contribution in [-0.2, 0) is 16.1 Å². The Morgan fingerprint density at radius 2 is 1.86 bits per heavy atom. The van der Waals surface area contributed by atoms with E-state index in [4.69, 9.17) is 25.8 Å². The molecule has 3 aromatic carbocycles. The van der Waals surface area contributed by atoms with Crippen molar-refractivity contribution in [1.29, 1.82) is 0 Å². The number of phenols is 1. The van der Waals surface area contributed by atoms with Gasteiger partial charge in [-0.15, -0.1) is 0 Å². The number of alkyl halides is 3. The smallest absolute Gasteiger partial charge is 0.491 e. The molecule has 2 heterocycles. The molecule has 1 aliphatic rings. The van der Waals surface area contributed by atoms with Crippen LogP contribution >= 0.6 is 11.6 Å². The number of aromatic nitrogens is 2. The number of benzene rings is 3. The maximum absolute atomic E-state index is 13.5. The van der Waals surface area contributed by atoms with Crippen LogP contribution in [0.5, 0.6) is 23.3 Å². The summed E-state index contributed by atoms with van der Waals surface area (Å²) in [4.78, 5) is 19.4. The van der Waals surface area contributed by atoms with Gasteiger partial charge in [0.15, 0.2) is 0 Å². The molecule has 220 valence electrons. The summed E-state index contributed by atoms with van der Waals surface area (Å²) < 4.78 is 73.7. The molecule has 5 rings (SSSR count). The summed E-state index contributed by atoms with van der Waals surface area (Å²) in [7, 11) is 0. The molecule has 0 bridgehead atoms. The summed E-state index contributed by atoms with van der Waals surface area (Å²) in [6, 6.07) is 12.0. The van der Waals surface area contributed by atoms with Gasteiger partial charge in [-0.3, -0.25) is 0 Å².